The Bertz CT molecular complexity index is 347. The third kappa shape index (κ3) is 10.4. The molecule has 0 aliphatic rings. The Labute approximate surface area is 151 Å². The van der Waals surface area contributed by atoms with Crippen LogP contribution in [0.1, 0.15) is 27.2 Å². The van der Waals surface area contributed by atoms with Crippen molar-refractivity contribution in [3.8, 4) is 0 Å². The summed E-state index contributed by atoms with van der Waals surface area (Å²) in [6, 6.07) is 4.17. The van der Waals surface area contributed by atoms with Crippen LogP contribution in [0.4, 0.5) is 0 Å². The van der Waals surface area contributed by atoms with Gasteiger partial charge in [-0.2, -0.15) is 0 Å². The molecular formula is C17H44O2Si4. The maximum absolute atomic E-state index is 6.34. The topological polar surface area (TPSA) is 18.5 Å². The second-order valence-electron chi connectivity index (χ2n) is 10.3. The molecule has 0 radical (unpaired) electrons. The van der Waals surface area contributed by atoms with Gasteiger partial charge in [0.1, 0.15) is 0 Å². The standard InChI is InChI=1S/C17H44O2Si4/c1-17(2,3)23(10,11)18-13-12-14-21(6,7)15-16-22(8,9)19-20(4)5/h20H,12-16H2,1-11H3. The Hall–Kier alpha value is 0.788. The molecule has 0 atom stereocenters. The summed E-state index contributed by atoms with van der Waals surface area (Å²) in [6.45, 7) is 27.2. The highest BCUT2D eigenvalue weighted by molar-refractivity contribution is 6.82. The molecule has 0 aliphatic carbocycles. The molecule has 0 spiro atoms. The Morgan fingerprint density at radius 2 is 1.35 bits per heavy atom. The lowest BCUT2D eigenvalue weighted by Crippen LogP contribution is -2.41. The van der Waals surface area contributed by atoms with Crippen LogP contribution < -0.4 is 0 Å². The van der Waals surface area contributed by atoms with Gasteiger partial charge in [0, 0.05) is 14.7 Å². The van der Waals surface area contributed by atoms with Gasteiger partial charge in [-0.05, 0) is 56.8 Å². The summed E-state index contributed by atoms with van der Waals surface area (Å²) in [6.07, 6.45) is 1.24. The molecule has 0 fully saturated rings. The quantitative estimate of drug-likeness (QED) is 0.320. The number of hydrogen-bond donors (Lipinski definition) is 0. The van der Waals surface area contributed by atoms with Crippen molar-refractivity contribution in [2.75, 3.05) is 6.61 Å². The lowest BCUT2D eigenvalue weighted by Gasteiger charge is -2.36. The lowest BCUT2D eigenvalue weighted by atomic mass is 10.2. The summed E-state index contributed by atoms with van der Waals surface area (Å²) in [4.78, 5) is 0. The van der Waals surface area contributed by atoms with E-state index in [1.807, 2.05) is 0 Å². The zero-order valence-corrected chi connectivity index (χ0v) is 22.1. The summed E-state index contributed by atoms with van der Waals surface area (Å²) in [5.41, 5.74) is 0. The third-order valence-corrected chi connectivity index (χ3v) is 19.5. The Morgan fingerprint density at radius 3 is 1.78 bits per heavy atom. The van der Waals surface area contributed by atoms with Crippen molar-refractivity contribution in [3.63, 3.8) is 0 Å². The minimum atomic E-state index is -1.56. The van der Waals surface area contributed by atoms with Crippen molar-refractivity contribution in [1.82, 2.24) is 0 Å². The predicted molar refractivity (Wildman–Crippen MR) is 117 cm³/mol. The monoisotopic (exact) mass is 392 g/mol. The van der Waals surface area contributed by atoms with Gasteiger partial charge in [0.15, 0.2) is 25.7 Å². The molecule has 0 amide bonds. The van der Waals surface area contributed by atoms with E-state index in [1.54, 1.807) is 0 Å². The largest absolute Gasteiger partial charge is 0.458 e. The Kier molecular flexibility index (Phi) is 9.24. The number of rotatable bonds is 10. The van der Waals surface area contributed by atoms with E-state index < -0.39 is 33.7 Å². The molecule has 140 valence electrons. The van der Waals surface area contributed by atoms with Crippen molar-refractivity contribution in [2.24, 2.45) is 0 Å². The van der Waals surface area contributed by atoms with E-state index in [0.29, 0.717) is 5.04 Å². The molecule has 0 rings (SSSR count). The summed E-state index contributed by atoms with van der Waals surface area (Å²) < 4.78 is 12.7. The van der Waals surface area contributed by atoms with Gasteiger partial charge in [-0.15, -0.1) is 0 Å². The molecule has 0 N–H and O–H groups in total. The molecule has 0 aliphatic heterocycles. The minimum absolute atomic E-state index is 0.327. The average molecular weight is 393 g/mol. The van der Waals surface area contributed by atoms with Gasteiger partial charge in [0.05, 0.1) is 0 Å². The predicted octanol–water partition coefficient (Wildman–Crippen LogP) is 6.31. The van der Waals surface area contributed by atoms with Crippen LogP contribution in [0.3, 0.4) is 0 Å². The molecule has 6 heteroatoms. The maximum atomic E-state index is 6.34. The SMILES string of the molecule is C[SiH](C)O[Si](C)(C)CC[Si](C)(C)CCCO[Si](C)(C)C(C)(C)C. The molecule has 0 saturated heterocycles. The van der Waals surface area contributed by atoms with Crippen LogP contribution in [0.25, 0.3) is 0 Å². The van der Waals surface area contributed by atoms with Gasteiger partial charge in [-0.3, -0.25) is 0 Å². The molecule has 0 aromatic heterocycles. The molecule has 2 nitrogen and oxygen atoms in total. The van der Waals surface area contributed by atoms with Crippen molar-refractivity contribution < 1.29 is 8.54 Å². The van der Waals surface area contributed by atoms with E-state index in [9.17, 15) is 0 Å². The average Bonchev–Trinajstić information content (AvgIpc) is 2.30. The summed E-state index contributed by atoms with van der Waals surface area (Å²) in [5, 5.41) is 0.327. The van der Waals surface area contributed by atoms with Crippen molar-refractivity contribution >= 4 is 33.7 Å². The highest BCUT2D eigenvalue weighted by Gasteiger charge is 2.37. The zero-order valence-electron chi connectivity index (χ0n) is 17.9. The lowest BCUT2D eigenvalue weighted by molar-refractivity contribution is 0.287. The first-order valence-electron chi connectivity index (χ1n) is 9.40. The van der Waals surface area contributed by atoms with Gasteiger partial charge in [-0.1, -0.05) is 46.0 Å². The van der Waals surface area contributed by atoms with Gasteiger partial charge in [0.25, 0.3) is 0 Å². The fourth-order valence-corrected chi connectivity index (χ4v) is 15.7. The first-order chi connectivity index (χ1) is 10.1. The fourth-order valence-electron chi connectivity index (χ4n) is 2.56. The van der Waals surface area contributed by atoms with Crippen LogP contribution in [-0.4, -0.2) is 40.4 Å². The summed E-state index contributed by atoms with van der Waals surface area (Å²) >= 11 is 0. The van der Waals surface area contributed by atoms with Crippen LogP contribution in [0.2, 0.25) is 75.5 Å². The minimum Gasteiger partial charge on any atom is -0.458 e. The van der Waals surface area contributed by atoms with Crippen LogP contribution in [0.5, 0.6) is 0 Å². The normalized spacial score (nSPS) is 14.6. The molecule has 0 heterocycles. The van der Waals surface area contributed by atoms with E-state index in [1.165, 1.54) is 24.6 Å². The van der Waals surface area contributed by atoms with Gasteiger partial charge < -0.3 is 8.54 Å². The second kappa shape index (κ2) is 8.94. The highest BCUT2D eigenvalue weighted by Crippen LogP contribution is 2.36. The summed E-state index contributed by atoms with van der Waals surface area (Å²) in [7, 11) is -4.95. The van der Waals surface area contributed by atoms with Gasteiger partial charge >= 0.3 is 0 Å². The Morgan fingerprint density at radius 1 is 0.826 bits per heavy atom. The molecule has 0 bridgehead atoms. The molecule has 0 unspecified atom stereocenters. The first-order valence-corrected chi connectivity index (χ1v) is 21.6. The molecule has 0 saturated carbocycles. The molecule has 23 heavy (non-hydrogen) atoms. The van der Waals surface area contributed by atoms with Crippen molar-refractivity contribution in [2.45, 2.75) is 103 Å². The van der Waals surface area contributed by atoms with Crippen molar-refractivity contribution in [1.29, 1.82) is 0 Å². The van der Waals surface area contributed by atoms with Crippen LogP contribution in [-0.2, 0) is 8.54 Å². The smallest absolute Gasteiger partial charge is 0.191 e. The van der Waals surface area contributed by atoms with E-state index in [-0.39, 0.29) is 0 Å². The van der Waals surface area contributed by atoms with Crippen LogP contribution in [0, 0.1) is 0 Å². The first kappa shape index (κ1) is 23.8. The fraction of sp³-hybridized carbons (Fsp3) is 1.00. The Balaban J connectivity index is 4.20. The molecular weight excluding hydrogens is 349 g/mol. The number of hydrogen-bond acceptors (Lipinski definition) is 2. The highest BCUT2D eigenvalue weighted by atomic mass is 28.4. The molecule has 0 aromatic rings. The van der Waals surface area contributed by atoms with Crippen molar-refractivity contribution in [3.05, 3.63) is 0 Å². The van der Waals surface area contributed by atoms with E-state index in [4.69, 9.17) is 8.54 Å². The third-order valence-electron chi connectivity index (χ3n) is 5.23. The van der Waals surface area contributed by atoms with E-state index in [0.717, 1.165) is 6.61 Å². The van der Waals surface area contributed by atoms with Crippen LogP contribution >= 0.6 is 0 Å². The van der Waals surface area contributed by atoms with Gasteiger partial charge in [0.2, 0.25) is 0 Å². The van der Waals surface area contributed by atoms with E-state index >= 15 is 0 Å². The molecule has 0 aromatic carbocycles. The maximum Gasteiger partial charge on any atom is 0.191 e. The second-order valence-corrected chi connectivity index (χ2v) is 27.5. The van der Waals surface area contributed by atoms with Crippen LogP contribution in [0.15, 0.2) is 0 Å². The van der Waals surface area contributed by atoms with Gasteiger partial charge in [-0.25, -0.2) is 0 Å². The zero-order chi connectivity index (χ0) is 18.5. The van der Waals surface area contributed by atoms with E-state index in [2.05, 4.69) is 73.1 Å². The summed E-state index contributed by atoms with van der Waals surface area (Å²) in [5.74, 6) is 0.